The third kappa shape index (κ3) is 2.75. The Balaban J connectivity index is 3.02. The molecule has 0 heterocycles. The number of benzene rings is 1. The predicted molar refractivity (Wildman–Crippen MR) is 63.2 cm³/mol. The van der Waals surface area contributed by atoms with Gasteiger partial charge in [0.25, 0.3) is 0 Å². The molecular formula is C11H14O4S. The van der Waals surface area contributed by atoms with Crippen molar-refractivity contribution in [2.24, 2.45) is 0 Å². The quantitative estimate of drug-likeness (QED) is 0.528. The molecule has 0 aliphatic carbocycles. The zero-order valence-corrected chi connectivity index (χ0v) is 9.72. The third-order valence-corrected chi connectivity index (χ3v) is 2.65. The van der Waals surface area contributed by atoms with Gasteiger partial charge in [-0.3, -0.25) is 4.79 Å². The van der Waals surface area contributed by atoms with Crippen molar-refractivity contribution in [1.29, 1.82) is 0 Å². The van der Waals surface area contributed by atoms with Gasteiger partial charge in [-0.15, -0.1) is 0 Å². The monoisotopic (exact) mass is 242 g/mol. The molecule has 0 aliphatic rings. The maximum atomic E-state index is 10.7. The molecule has 2 unspecified atom stereocenters. The van der Waals surface area contributed by atoms with E-state index in [4.69, 9.17) is 4.74 Å². The Morgan fingerprint density at radius 3 is 2.69 bits per heavy atom. The van der Waals surface area contributed by atoms with Gasteiger partial charge < -0.3 is 14.9 Å². The Morgan fingerprint density at radius 1 is 1.50 bits per heavy atom. The second-order valence-electron chi connectivity index (χ2n) is 3.31. The van der Waals surface area contributed by atoms with Crippen LogP contribution in [0, 0.1) is 0 Å². The number of carbonyl (C=O) groups is 1. The molecule has 0 amide bonds. The highest BCUT2D eigenvalue weighted by molar-refractivity contribution is 7.80. The van der Waals surface area contributed by atoms with Crippen molar-refractivity contribution in [1.82, 2.24) is 0 Å². The minimum Gasteiger partial charge on any atom is -0.496 e. The molecule has 0 saturated carbocycles. The van der Waals surface area contributed by atoms with Gasteiger partial charge in [-0.25, -0.2) is 0 Å². The van der Waals surface area contributed by atoms with Gasteiger partial charge in [-0.1, -0.05) is 6.07 Å². The van der Waals surface area contributed by atoms with Crippen LogP contribution in [-0.2, 0) is 0 Å². The summed E-state index contributed by atoms with van der Waals surface area (Å²) in [4.78, 5) is 10.7. The summed E-state index contributed by atoms with van der Waals surface area (Å²) >= 11 is 3.90. The largest absolute Gasteiger partial charge is 0.496 e. The lowest BCUT2D eigenvalue weighted by Gasteiger charge is -2.17. The first-order valence-corrected chi connectivity index (χ1v) is 5.37. The molecular weight excluding hydrogens is 228 g/mol. The highest BCUT2D eigenvalue weighted by Crippen LogP contribution is 2.24. The Bertz CT molecular complexity index is 367. The molecule has 1 rings (SSSR count). The second kappa shape index (κ2) is 5.89. The summed E-state index contributed by atoms with van der Waals surface area (Å²) in [7, 11) is 1.44. The second-order valence-corrected chi connectivity index (χ2v) is 3.68. The minimum atomic E-state index is -1.04. The number of aliphatic hydroxyl groups is 2. The van der Waals surface area contributed by atoms with Crippen LogP contribution < -0.4 is 4.74 Å². The van der Waals surface area contributed by atoms with Crippen LogP contribution in [0.1, 0.15) is 22.0 Å². The standard InChI is InChI=1S/C11H14O4S/c1-15-10-4-7(2-3-8(10)5-12)11(14)9(13)6-16/h2-5,9,11,13-14,16H,6H2,1H3. The number of methoxy groups -OCH3 is 1. The number of hydrogen-bond donors (Lipinski definition) is 3. The summed E-state index contributed by atoms with van der Waals surface area (Å²) in [6, 6.07) is 4.64. The van der Waals surface area contributed by atoms with Gasteiger partial charge in [0.2, 0.25) is 0 Å². The highest BCUT2D eigenvalue weighted by Gasteiger charge is 2.18. The van der Waals surface area contributed by atoms with Crippen molar-refractivity contribution >= 4 is 18.9 Å². The van der Waals surface area contributed by atoms with Crippen LogP contribution in [0.15, 0.2) is 18.2 Å². The minimum absolute atomic E-state index is 0.152. The molecule has 1 aromatic carbocycles. The maximum absolute atomic E-state index is 10.7. The molecule has 1 aromatic rings. The number of carbonyl (C=O) groups excluding carboxylic acids is 1. The molecule has 0 saturated heterocycles. The number of ether oxygens (including phenoxy) is 1. The number of aldehydes is 1. The van der Waals surface area contributed by atoms with Crippen LogP contribution in [0.3, 0.4) is 0 Å². The van der Waals surface area contributed by atoms with E-state index >= 15 is 0 Å². The Kier molecular flexibility index (Phi) is 4.79. The normalized spacial score (nSPS) is 14.2. The van der Waals surface area contributed by atoms with Gasteiger partial charge in [0.1, 0.15) is 11.9 Å². The van der Waals surface area contributed by atoms with Gasteiger partial charge in [-0.05, 0) is 17.7 Å². The molecule has 88 valence electrons. The van der Waals surface area contributed by atoms with Crippen LogP contribution in [-0.4, -0.2) is 35.5 Å². The maximum Gasteiger partial charge on any atom is 0.153 e. The zero-order valence-electron chi connectivity index (χ0n) is 8.83. The van der Waals surface area contributed by atoms with Crippen molar-refractivity contribution in [2.45, 2.75) is 12.2 Å². The van der Waals surface area contributed by atoms with Crippen molar-refractivity contribution in [3.8, 4) is 5.75 Å². The number of hydrogen-bond acceptors (Lipinski definition) is 5. The van der Waals surface area contributed by atoms with Crippen LogP contribution in [0.5, 0.6) is 5.75 Å². The van der Waals surface area contributed by atoms with Crippen molar-refractivity contribution in [3.63, 3.8) is 0 Å². The van der Waals surface area contributed by atoms with Crippen LogP contribution in [0.2, 0.25) is 0 Å². The lowest BCUT2D eigenvalue weighted by molar-refractivity contribution is 0.0336. The van der Waals surface area contributed by atoms with Gasteiger partial charge in [0.05, 0.1) is 18.8 Å². The zero-order chi connectivity index (χ0) is 12.1. The summed E-state index contributed by atoms with van der Waals surface area (Å²) in [5, 5.41) is 19.2. The smallest absolute Gasteiger partial charge is 0.153 e. The Hall–Kier alpha value is -1.04. The summed E-state index contributed by atoms with van der Waals surface area (Å²) < 4.78 is 5.00. The Labute approximate surface area is 99.3 Å². The molecule has 0 radical (unpaired) electrons. The number of aliphatic hydroxyl groups excluding tert-OH is 2. The van der Waals surface area contributed by atoms with E-state index < -0.39 is 12.2 Å². The molecule has 0 spiro atoms. The van der Waals surface area contributed by atoms with E-state index in [0.29, 0.717) is 23.2 Å². The molecule has 0 fully saturated rings. The molecule has 0 aliphatic heterocycles. The van der Waals surface area contributed by atoms with Gasteiger partial charge in [0.15, 0.2) is 6.29 Å². The fourth-order valence-electron chi connectivity index (χ4n) is 1.33. The van der Waals surface area contributed by atoms with Crippen molar-refractivity contribution in [2.75, 3.05) is 12.9 Å². The summed E-state index contributed by atoms with van der Waals surface area (Å²) in [6.45, 7) is 0. The van der Waals surface area contributed by atoms with Crippen molar-refractivity contribution < 1.29 is 19.7 Å². The van der Waals surface area contributed by atoms with E-state index in [9.17, 15) is 15.0 Å². The molecule has 0 aromatic heterocycles. The fourth-order valence-corrected chi connectivity index (χ4v) is 1.53. The van der Waals surface area contributed by atoms with E-state index in [1.54, 1.807) is 6.07 Å². The van der Waals surface area contributed by atoms with E-state index in [1.807, 2.05) is 0 Å². The Morgan fingerprint density at radius 2 is 2.19 bits per heavy atom. The van der Waals surface area contributed by atoms with Gasteiger partial charge >= 0.3 is 0 Å². The topological polar surface area (TPSA) is 66.8 Å². The highest BCUT2D eigenvalue weighted by atomic mass is 32.1. The lowest BCUT2D eigenvalue weighted by Crippen LogP contribution is -2.19. The lowest BCUT2D eigenvalue weighted by atomic mass is 10.0. The van der Waals surface area contributed by atoms with Crippen LogP contribution in [0.4, 0.5) is 0 Å². The molecule has 2 N–H and O–H groups in total. The van der Waals surface area contributed by atoms with Crippen LogP contribution >= 0.6 is 12.6 Å². The van der Waals surface area contributed by atoms with Gasteiger partial charge in [-0.2, -0.15) is 12.6 Å². The first-order valence-electron chi connectivity index (χ1n) is 4.74. The van der Waals surface area contributed by atoms with E-state index in [2.05, 4.69) is 12.6 Å². The molecule has 16 heavy (non-hydrogen) atoms. The SMILES string of the molecule is COc1cc(C(O)C(O)CS)ccc1C=O. The molecule has 0 bridgehead atoms. The van der Waals surface area contributed by atoms with E-state index in [-0.39, 0.29) is 5.75 Å². The third-order valence-electron chi connectivity index (χ3n) is 2.28. The van der Waals surface area contributed by atoms with Crippen molar-refractivity contribution in [3.05, 3.63) is 29.3 Å². The van der Waals surface area contributed by atoms with Crippen LogP contribution in [0.25, 0.3) is 0 Å². The summed E-state index contributed by atoms with van der Waals surface area (Å²) in [6.07, 6.45) is -1.31. The van der Waals surface area contributed by atoms with E-state index in [0.717, 1.165) is 0 Å². The first-order chi connectivity index (χ1) is 7.63. The predicted octanol–water partition coefficient (Wildman–Crippen LogP) is 0.832. The molecule has 5 heteroatoms. The summed E-state index contributed by atoms with van der Waals surface area (Å²) in [5.74, 6) is 0.525. The summed E-state index contributed by atoms with van der Waals surface area (Å²) in [5.41, 5.74) is 0.891. The number of thiol groups is 1. The average molecular weight is 242 g/mol. The fraction of sp³-hybridized carbons (Fsp3) is 0.364. The average Bonchev–Trinajstić information content (AvgIpc) is 2.35. The number of rotatable bonds is 5. The van der Waals surface area contributed by atoms with Gasteiger partial charge in [0, 0.05) is 5.75 Å². The first kappa shape index (κ1) is 13.0. The molecule has 2 atom stereocenters. The van der Waals surface area contributed by atoms with E-state index in [1.165, 1.54) is 19.2 Å². The molecule has 4 nitrogen and oxygen atoms in total.